The summed E-state index contributed by atoms with van der Waals surface area (Å²) in [6, 6.07) is 0. The average molecular weight is 322 g/mol. The molecule has 3 aliphatic rings. The van der Waals surface area contributed by atoms with Gasteiger partial charge in [0.25, 0.3) is 0 Å². The van der Waals surface area contributed by atoms with E-state index in [0.29, 0.717) is 0 Å². The van der Waals surface area contributed by atoms with Crippen LogP contribution in [0.2, 0.25) is 0 Å². The Morgan fingerprint density at radius 2 is 1.91 bits per heavy atom. The fourth-order valence-corrected chi connectivity index (χ4v) is 4.51. The highest BCUT2D eigenvalue weighted by Crippen LogP contribution is 2.30. The van der Waals surface area contributed by atoms with Crippen LogP contribution in [0.3, 0.4) is 0 Å². The van der Waals surface area contributed by atoms with Crippen LogP contribution < -0.4 is 5.32 Å². The molecule has 0 aliphatic carbocycles. The van der Waals surface area contributed by atoms with Crippen LogP contribution in [-0.2, 0) is 4.74 Å². The molecule has 5 nitrogen and oxygen atoms in total. The van der Waals surface area contributed by atoms with Crippen LogP contribution in [0.4, 0.5) is 0 Å². The fraction of sp³-hybridized carbons (Fsp3) is 0.944. The van der Waals surface area contributed by atoms with Gasteiger partial charge in [0.1, 0.15) is 0 Å². The van der Waals surface area contributed by atoms with E-state index in [4.69, 9.17) is 4.74 Å². The third kappa shape index (κ3) is 4.00. The normalized spacial score (nSPS) is 29.7. The molecule has 132 valence electrons. The molecule has 1 atom stereocenters. The second-order valence-corrected chi connectivity index (χ2v) is 7.63. The highest BCUT2D eigenvalue weighted by Gasteiger charge is 2.39. The van der Waals surface area contributed by atoms with Gasteiger partial charge in [-0.15, -0.1) is 0 Å². The summed E-state index contributed by atoms with van der Waals surface area (Å²) in [6.45, 7) is 9.94. The fourth-order valence-electron chi connectivity index (χ4n) is 4.51. The van der Waals surface area contributed by atoms with E-state index in [1.54, 1.807) is 0 Å². The van der Waals surface area contributed by atoms with E-state index < -0.39 is 0 Å². The van der Waals surface area contributed by atoms with E-state index in [0.717, 1.165) is 57.6 Å². The molecule has 0 aromatic rings. The van der Waals surface area contributed by atoms with Crippen molar-refractivity contribution in [3.8, 4) is 0 Å². The zero-order valence-electron chi connectivity index (χ0n) is 15.0. The zero-order valence-corrected chi connectivity index (χ0v) is 15.0. The molecule has 1 N–H and O–H groups in total. The number of piperidine rings is 1. The Balaban J connectivity index is 1.62. The van der Waals surface area contributed by atoms with Gasteiger partial charge in [-0.3, -0.25) is 9.89 Å². The maximum Gasteiger partial charge on any atom is 0.193 e. The predicted molar refractivity (Wildman–Crippen MR) is 94.9 cm³/mol. The summed E-state index contributed by atoms with van der Waals surface area (Å²) in [5.41, 5.74) is 0.270. The Labute approximate surface area is 141 Å². The lowest BCUT2D eigenvalue weighted by molar-refractivity contribution is -0.0167. The lowest BCUT2D eigenvalue weighted by Crippen LogP contribution is -2.59. The lowest BCUT2D eigenvalue weighted by atomic mass is 9.88. The number of nitrogens with one attached hydrogen (secondary N) is 1. The molecule has 0 bridgehead atoms. The number of hydrogen-bond donors (Lipinski definition) is 1. The summed E-state index contributed by atoms with van der Waals surface area (Å²) in [5.74, 6) is 1.87. The molecule has 0 aromatic heterocycles. The van der Waals surface area contributed by atoms with Crippen LogP contribution in [0.25, 0.3) is 0 Å². The Hall–Kier alpha value is -0.810. The van der Waals surface area contributed by atoms with Gasteiger partial charge < -0.3 is 15.0 Å². The van der Waals surface area contributed by atoms with Crippen molar-refractivity contribution in [3.05, 3.63) is 0 Å². The van der Waals surface area contributed by atoms with Gasteiger partial charge in [0.15, 0.2) is 5.96 Å². The van der Waals surface area contributed by atoms with Crippen LogP contribution in [-0.4, -0.2) is 74.3 Å². The van der Waals surface area contributed by atoms with E-state index in [9.17, 15) is 0 Å². The van der Waals surface area contributed by atoms with Crippen molar-refractivity contribution < 1.29 is 4.74 Å². The van der Waals surface area contributed by atoms with Gasteiger partial charge in [0.05, 0.1) is 0 Å². The van der Waals surface area contributed by atoms with Crippen LogP contribution in [0, 0.1) is 5.92 Å². The van der Waals surface area contributed by atoms with E-state index in [-0.39, 0.29) is 5.54 Å². The Morgan fingerprint density at radius 1 is 1.17 bits per heavy atom. The summed E-state index contributed by atoms with van der Waals surface area (Å²) in [4.78, 5) is 9.74. The zero-order chi connectivity index (χ0) is 16.1. The molecular formula is C18H34N4O. The minimum Gasteiger partial charge on any atom is -0.381 e. The molecule has 0 saturated carbocycles. The van der Waals surface area contributed by atoms with Gasteiger partial charge in [-0.2, -0.15) is 0 Å². The topological polar surface area (TPSA) is 40.1 Å². The molecular weight excluding hydrogens is 288 g/mol. The molecule has 3 heterocycles. The largest absolute Gasteiger partial charge is 0.381 e. The van der Waals surface area contributed by atoms with Gasteiger partial charge in [0.2, 0.25) is 0 Å². The molecule has 3 saturated heterocycles. The van der Waals surface area contributed by atoms with E-state index in [1.165, 1.54) is 38.8 Å². The van der Waals surface area contributed by atoms with Crippen molar-refractivity contribution in [2.24, 2.45) is 10.9 Å². The van der Waals surface area contributed by atoms with Gasteiger partial charge in [0, 0.05) is 45.4 Å². The van der Waals surface area contributed by atoms with E-state index in [1.807, 2.05) is 7.05 Å². The van der Waals surface area contributed by atoms with Crippen LogP contribution in [0.15, 0.2) is 4.99 Å². The average Bonchev–Trinajstić information content (AvgIpc) is 3.12. The minimum atomic E-state index is 0.270. The van der Waals surface area contributed by atoms with Crippen molar-refractivity contribution in [2.45, 2.75) is 51.0 Å². The third-order valence-corrected chi connectivity index (χ3v) is 5.94. The molecule has 0 aromatic carbocycles. The molecule has 3 rings (SSSR count). The lowest BCUT2D eigenvalue weighted by Gasteiger charge is -2.45. The first-order chi connectivity index (χ1) is 11.2. The Morgan fingerprint density at radius 3 is 2.57 bits per heavy atom. The van der Waals surface area contributed by atoms with Crippen molar-refractivity contribution in [2.75, 3.05) is 53.0 Å². The summed E-state index contributed by atoms with van der Waals surface area (Å²) < 4.78 is 5.65. The number of nitrogens with zero attached hydrogens (tertiary/aromatic N) is 3. The maximum atomic E-state index is 5.65. The van der Waals surface area contributed by atoms with Crippen LogP contribution >= 0.6 is 0 Å². The molecule has 3 fully saturated rings. The van der Waals surface area contributed by atoms with Gasteiger partial charge in [-0.1, -0.05) is 6.92 Å². The number of guanidine groups is 1. The van der Waals surface area contributed by atoms with E-state index >= 15 is 0 Å². The van der Waals surface area contributed by atoms with Gasteiger partial charge in [-0.05, 0) is 57.5 Å². The smallest absolute Gasteiger partial charge is 0.193 e. The quantitative estimate of drug-likeness (QED) is 0.637. The maximum absolute atomic E-state index is 5.65. The molecule has 5 heteroatoms. The van der Waals surface area contributed by atoms with Crippen LogP contribution in [0.5, 0.6) is 0 Å². The SMILES string of the molecule is CN=C(NCC1(N2CCCC2)CCOCC1)N1CCCC(C)C1. The molecule has 3 aliphatic heterocycles. The molecule has 0 radical (unpaired) electrons. The highest BCUT2D eigenvalue weighted by atomic mass is 16.5. The summed E-state index contributed by atoms with van der Waals surface area (Å²) in [7, 11) is 1.92. The van der Waals surface area contributed by atoms with Crippen LogP contribution in [0.1, 0.15) is 45.4 Å². The standard InChI is InChI=1S/C18H34N4O/c1-16-6-5-9-21(14-16)17(19-2)20-15-18(7-12-23-13-8-18)22-10-3-4-11-22/h16H,3-15H2,1-2H3,(H,19,20). The number of aliphatic imine (C=N–C) groups is 1. The molecule has 1 unspecified atom stereocenters. The van der Waals surface area contributed by atoms with Crippen molar-refractivity contribution in [1.29, 1.82) is 0 Å². The summed E-state index contributed by atoms with van der Waals surface area (Å²) >= 11 is 0. The van der Waals surface area contributed by atoms with Gasteiger partial charge in [-0.25, -0.2) is 0 Å². The van der Waals surface area contributed by atoms with Crippen molar-refractivity contribution in [1.82, 2.24) is 15.1 Å². The number of rotatable bonds is 3. The molecule has 0 amide bonds. The van der Waals surface area contributed by atoms with E-state index in [2.05, 4.69) is 27.0 Å². The third-order valence-electron chi connectivity index (χ3n) is 5.94. The first-order valence-corrected chi connectivity index (χ1v) is 9.52. The predicted octanol–water partition coefficient (Wildman–Crippen LogP) is 1.94. The van der Waals surface area contributed by atoms with Crippen molar-refractivity contribution in [3.63, 3.8) is 0 Å². The number of ether oxygens (including phenoxy) is 1. The minimum absolute atomic E-state index is 0.270. The van der Waals surface area contributed by atoms with Crippen molar-refractivity contribution >= 4 is 5.96 Å². The molecule has 23 heavy (non-hydrogen) atoms. The number of likely N-dealkylation sites (tertiary alicyclic amines) is 2. The summed E-state index contributed by atoms with van der Waals surface area (Å²) in [6.07, 6.45) is 7.62. The molecule has 0 spiro atoms. The number of hydrogen-bond acceptors (Lipinski definition) is 3. The monoisotopic (exact) mass is 322 g/mol. The summed E-state index contributed by atoms with van der Waals surface area (Å²) in [5, 5.41) is 3.73. The second kappa shape index (κ2) is 7.84. The second-order valence-electron chi connectivity index (χ2n) is 7.63. The Bertz CT molecular complexity index is 400. The highest BCUT2D eigenvalue weighted by molar-refractivity contribution is 5.80. The first-order valence-electron chi connectivity index (χ1n) is 9.52. The first kappa shape index (κ1) is 17.0. The van der Waals surface area contributed by atoms with Gasteiger partial charge >= 0.3 is 0 Å². The Kier molecular flexibility index (Phi) is 5.81.